The Morgan fingerprint density at radius 1 is 0.429 bits per heavy atom. The highest BCUT2D eigenvalue weighted by Crippen LogP contribution is 2.23. The molecule has 9 heteroatoms. The van der Waals surface area contributed by atoms with E-state index >= 15 is 0 Å². The van der Waals surface area contributed by atoms with Gasteiger partial charge in [0.25, 0.3) is 0 Å². The molecule has 7 atom stereocenters. The van der Waals surface area contributed by atoms with Crippen LogP contribution in [0, 0.1) is 0 Å². The van der Waals surface area contributed by atoms with Crippen molar-refractivity contribution >= 4 is 5.91 Å². The van der Waals surface area contributed by atoms with Gasteiger partial charge in [0.15, 0.2) is 6.29 Å². The highest BCUT2D eigenvalue weighted by molar-refractivity contribution is 5.76. The third-order valence-electron chi connectivity index (χ3n) is 16.2. The first-order valence-corrected chi connectivity index (χ1v) is 33.7. The Kier molecular flexibility index (Phi) is 55.0. The van der Waals surface area contributed by atoms with E-state index in [4.69, 9.17) is 9.47 Å². The third kappa shape index (κ3) is 46.7. The zero-order valence-electron chi connectivity index (χ0n) is 50.7. The highest BCUT2D eigenvalue weighted by atomic mass is 16.7. The van der Waals surface area contributed by atoms with Crippen LogP contribution >= 0.6 is 0 Å². The number of unbranched alkanes of at least 4 members (excludes halogenated alkanes) is 45. The van der Waals surface area contributed by atoms with Gasteiger partial charge >= 0.3 is 0 Å². The number of ether oxygens (including phenoxy) is 2. The topological polar surface area (TPSA) is 149 Å². The lowest BCUT2D eigenvalue weighted by Crippen LogP contribution is -2.60. The lowest BCUT2D eigenvalue weighted by molar-refractivity contribution is -0.302. The molecule has 77 heavy (non-hydrogen) atoms. The average molecular weight is 1090 g/mol. The molecule has 0 aromatic rings. The van der Waals surface area contributed by atoms with Crippen molar-refractivity contribution in [1.82, 2.24) is 5.32 Å². The smallest absolute Gasteiger partial charge is 0.220 e. The Morgan fingerprint density at radius 2 is 0.740 bits per heavy atom. The van der Waals surface area contributed by atoms with Crippen LogP contribution in [0.1, 0.15) is 335 Å². The largest absolute Gasteiger partial charge is 0.394 e. The van der Waals surface area contributed by atoms with Gasteiger partial charge in [0, 0.05) is 6.42 Å². The predicted molar refractivity (Wildman–Crippen MR) is 327 cm³/mol. The summed E-state index contributed by atoms with van der Waals surface area (Å²) in [5, 5.41) is 54.5. The molecule has 1 aliphatic rings. The van der Waals surface area contributed by atoms with Crippen LogP contribution in [0.4, 0.5) is 0 Å². The van der Waals surface area contributed by atoms with Crippen LogP contribution in [-0.2, 0) is 14.3 Å². The fourth-order valence-electron chi connectivity index (χ4n) is 10.9. The number of carbonyl (C=O) groups is 1. The molecule has 0 aliphatic carbocycles. The lowest BCUT2D eigenvalue weighted by Gasteiger charge is -2.40. The van der Waals surface area contributed by atoms with E-state index in [0.717, 1.165) is 38.5 Å². The molecule has 1 fully saturated rings. The summed E-state index contributed by atoms with van der Waals surface area (Å²) in [4.78, 5) is 13.1. The third-order valence-corrected chi connectivity index (χ3v) is 16.2. The molecule has 0 saturated carbocycles. The standard InChI is InChI=1S/C68H129NO8/c1-3-5-7-9-11-13-15-17-19-20-21-22-23-24-25-26-27-28-29-30-31-32-33-34-35-36-37-38-39-40-41-42-44-46-48-50-52-54-56-58-64(72)69-61(60-76-68-67(75)66(74)65(73)63(59-70)77-68)62(71)57-55-53-51-49-47-45-43-18-16-14-12-10-8-6-4-2/h30-31,47,49,55,57,61-63,65-68,70-71,73-75H,3-29,32-46,48,50-54,56,58-60H2,1-2H3,(H,69,72)/b31-30-,49-47+,57-55+. The molecule has 7 unspecified atom stereocenters. The van der Waals surface area contributed by atoms with Crippen molar-refractivity contribution in [3.05, 3.63) is 36.5 Å². The maximum Gasteiger partial charge on any atom is 0.220 e. The van der Waals surface area contributed by atoms with Crippen molar-refractivity contribution in [3.8, 4) is 0 Å². The van der Waals surface area contributed by atoms with Crippen molar-refractivity contribution in [1.29, 1.82) is 0 Å². The molecule has 1 heterocycles. The fraction of sp³-hybridized carbons (Fsp3) is 0.897. The molecule has 1 amide bonds. The minimum absolute atomic E-state index is 0.182. The number of hydrogen-bond acceptors (Lipinski definition) is 8. The molecule has 0 aromatic carbocycles. The van der Waals surface area contributed by atoms with Gasteiger partial charge in [-0.2, -0.15) is 0 Å². The van der Waals surface area contributed by atoms with Gasteiger partial charge in [0.05, 0.1) is 25.4 Å². The molecule has 6 N–H and O–H groups in total. The van der Waals surface area contributed by atoms with Gasteiger partial charge in [-0.3, -0.25) is 4.79 Å². The first-order chi connectivity index (χ1) is 37.8. The summed E-state index contributed by atoms with van der Waals surface area (Å²) in [5.74, 6) is -0.182. The van der Waals surface area contributed by atoms with Crippen LogP contribution in [0.3, 0.4) is 0 Å². The van der Waals surface area contributed by atoms with Gasteiger partial charge in [-0.25, -0.2) is 0 Å². The zero-order valence-corrected chi connectivity index (χ0v) is 50.7. The molecule has 0 radical (unpaired) electrons. The van der Waals surface area contributed by atoms with E-state index < -0.39 is 49.5 Å². The first-order valence-electron chi connectivity index (χ1n) is 33.7. The van der Waals surface area contributed by atoms with E-state index in [1.165, 1.54) is 276 Å². The normalized spacial score (nSPS) is 18.9. The summed E-state index contributed by atoms with van der Waals surface area (Å²) in [5.41, 5.74) is 0. The Hall–Kier alpha value is -1.59. The number of aliphatic hydroxyl groups excluding tert-OH is 5. The molecule has 1 saturated heterocycles. The molecular formula is C68H129NO8. The fourth-order valence-corrected chi connectivity index (χ4v) is 10.9. The van der Waals surface area contributed by atoms with Crippen molar-refractivity contribution in [2.24, 2.45) is 0 Å². The van der Waals surface area contributed by atoms with E-state index in [0.29, 0.717) is 6.42 Å². The monoisotopic (exact) mass is 1090 g/mol. The number of hydrogen-bond donors (Lipinski definition) is 6. The molecule has 1 aliphatic heterocycles. The van der Waals surface area contributed by atoms with Crippen LogP contribution in [0.2, 0.25) is 0 Å². The molecule has 0 bridgehead atoms. The molecule has 0 spiro atoms. The first kappa shape index (κ1) is 73.4. The second-order valence-corrected chi connectivity index (χ2v) is 23.6. The highest BCUT2D eigenvalue weighted by Gasteiger charge is 2.44. The van der Waals surface area contributed by atoms with Crippen LogP contribution in [0.5, 0.6) is 0 Å². The average Bonchev–Trinajstić information content (AvgIpc) is 3.43. The van der Waals surface area contributed by atoms with Gasteiger partial charge in [-0.05, 0) is 57.8 Å². The van der Waals surface area contributed by atoms with Gasteiger partial charge in [-0.1, -0.05) is 307 Å². The van der Waals surface area contributed by atoms with Gasteiger partial charge < -0.3 is 40.3 Å². The lowest BCUT2D eigenvalue weighted by atomic mass is 9.99. The molecule has 1 rings (SSSR count). The molecule has 9 nitrogen and oxygen atoms in total. The van der Waals surface area contributed by atoms with Gasteiger partial charge in [0.1, 0.15) is 24.4 Å². The van der Waals surface area contributed by atoms with E-state index in [1.807, 2.05) is 6.08 Å². The van der Waals surface area contributed by atoms with Crippen molar-refractivity contribution < 1.29 is 39.8 Å². The summed E-state index contributed by atoms with van der Waals surface area (Å²) >= 11 is 0. The number of carbonyl (C=O) groups excluding carboxylic acids is 1. The number of amides is 1. The number of allylic oxidation sites excluding steroid dienone is 5. The molecule has 0 aromatic heterocycles. The minimum atomic E-state index is -1.57. The van der Waals surface area contributed by atoms with Crippen molar-refractivity contribution in [3.63, 3.8) is 0 Å². The van der Waals surface area contributed by atoms with Crippen LogP contribution in [0.15, 0.2) is 36.5 Å². The van der Waals surface area contributed by atoms with Crippen molar-refractivity contribution in [2.75, 3.05) is 13.2 Å². The van der Waals surface area contributed by atoms with Gasteiger partial charge in [0.2, 0.25) is 5.91 Å². The van der Waals surface area contributed by atoms with E-state index in [2.05, 4.69) is 43.5 Å². The van der Waals surface area contributed by atoms with Crippen molar-refractivity contribution in [2.45, 2.75) is 378 Å². The summed E-state index contributed by atoms with van der Waals surface area (Å²) in [7, 11) is 0. The van der Waals surface area contributed by atoms with E-state index in [-0.39, 0.29) is 12.5 Å². The SMILES string of the molecule is CCCCCCCCCCC/C=C/CC/C=C/C(O)C(COC1OC(CO)C(O)C(O)C1O)NC(=O)CCCCCCCCCCCCCCCCCCC/C=C\CCCCCCCCCCCCCCCCCCCC. The Balaban J connectivity index is 2.04. The molecular weight excluding hydrogens is 959 g/mol. The zero-order chi connectivity index (χ0) is 55.8. The van der Waals surface area contributed by atoms with E-state index in [9.17, 15) is 30.3 Å². The van der Waals surface area contributed by atoms with Gasteiger partial charge in [-0.15, -0.1) is 0 Å². The Bertz CT molecular complexity index is 1310. The van der Waals surface area contributed by atoms with Crippen LogP contribution in [-0.4, -0.2) is 87.5 Å². The Morgan fingerprint density at radius 3 is 1.09 bits per heavy atom. The second kappa shape index (κ2) is 57.6. The maximum atomic E-state index is 13.1. The number of rotatable bonds is 59. The maximum absolute atomic E-state index is 13.1. The predicted octanol–water partition coefficient (Wildman–Crippen LogP) is 17.9. The minimum Gasteiger partial charge on any atom is -0.394 e. The molecule has 454 valence electrons. The summed E-state index contributed by atoms with van der Waals surface area (Å²) in [6.07, 6.45) is 69.9. The quantitative estimate of drug-likeness (QED) is 0.0261. The summed E-state index contributed by atoms with van der Waals surface area (Å²) in [6.45, 7) is 3.79. The van der Waals surface area contributed by atoms with E-state index in [1.54, 1.807) is 6.08 Å². The second-order valence-electron chi connectivity index (χ2n) is 23.6. The number of nitrogens with one attached hydrogen (secondary N) is 1. The number of aliphatic hydroxyl groups is 5. The Labute approximate surface area is 476 Å². The van der Waals surface area contributed by atoms with Crippen LogP contribution in [0.25, 0.3) is 0 Å². The summed E-state index contributed by atoms with van der Waals surface area (Å²) < 4.78 is 11.3. The summed E-state index contributed by atoms with van der Waals surface area (Å²) in [6, 6.07) is -0.820. The van der Waals surface area contributed by atoms with Crippen LogP contribution < -0.4 is 5.32 Å².